The fourth-order valence-corrected chi connectivity index (χ4v) is 1.05. The van der Waals surface area contributed by atoms with Crippen molar-refractivity contribution in [3.63, 3.8) is 0 Å². The van der Waals surface area contributed by atoms with Gasteiger partial charge in [-0.05, 0) is 24.4 Å². The number of hydrogen-bond acceptors (Lipinski definition) is 4. The van der Waals surface area contributed by atoms with Gasteiger partial charge in [0.15, 0.2) is 5.76 Å². The van der Waals surface area contributed by atoms with Crippen LogP contribution in [0.2, 0.25) is 0 Å². The van der Waals surface area contributed by atoms with E-state index in [4.69, 9.17) is 16.6 Å². The molecule has 0 aliphatic rings. The molecule has 0 spiro atoms. The van der Waals surface area contributed by atoms with Crippen molar-refractivity contribution in [2.24, 2.45) is 0 Å². The van der Waals surface area contributed by atoms with Gasteiger partial charge in [-0.25, -0.2) is 0 Å². The SMILES string of the molecule is O=C(Nc1nc(=S)[nH][nH]1)c1ccco1. The Kier molecular flexibility index (Phi) is 2.15. The lowest BCUT2D eigenvalue weighted by Crippen LogP contribution is -2.11. The lowest BCUT2D eigenvalue weighted by molar-refractivity contribution is 0.0996. The minimum atomic E-state index is -0.382. The second-order valence-electron chi connectivity index (χ2n) is 2.45. The average Bonchev–Trinajstić information content (AvgIpc) is 2.75. The van der Waals surface area contributed by atoms with Crippen LogP contribution in [0.5, 0.6) is 0 Å². The molecule has 2 rings (SSSR count). The Balaban J connectivity index is 2.13. The summed E-state index contributed by atoms with van der Waals surface area (Å²) in [6.45, 7) is 0. The number of aromatic amines is 2. The molecule has 0 saturated heterocycles. The molecular weight excluding hydrogens is 204 g/mol. The number of carbonyl (C=O) groups excluding carboxylic acids is 1. The summed E-state index contributed by atoms with van der Waals surface area (Å²) in [5, 5.41) is 7.60. The Morgan fingerprint density at radius 2 is 2.43 bits per heavy atom. The first-order valence-corrected chi connectivity index (χ1v) is 4.16. The van der Waals surface area contributed by atoms with Crippen molar-refractivity contribution >= 4 is 24.1 Å². The van der Waals surface area contributed by atoms with E-state index >= 15 is 0 Å². The highest BCUT2D eigenvalue weighted by Crippen LogP contribution is 2.03. The topological polar surface area (TPSA) is 86.7 Å². The van der Waals surface area contributed by atoms with Crippen LogP contribution in [0.3, 0.4) is 0 Å². The van der Waals surface area contributed by atoms with Crippen molar-refractivity contribution in [1.29, 1.82) is 0 Å². The predicted molar refractivity (Wildman–Crippen MR) is 50.4 cm³/mol. The van der Waals surface area contributed by atoms with Crippen LogP contribution in [0.15, 0.2) is 22.8 Å². The van der Waals surface area contributed by atoms with Crippen molar-refractivity contribution < 1.29 is 9.21 Å². The first-order valence-electron chi connectivity index (χ1n) is 3.75. The van der Waals surface area contributed by atoms with Gasteiger partial charge in [-0.3, -0.25) is 20.3 Å². The molecule has 0 aliphatic heterocycles. The summed E-state index contributed by atoms with van der Waals surface area (Å²) in [6, 6.07) is 3.18. The maximum Gasteiger partial charge on any atom is 0.293 e. The summed E-state index contributed by atoms with van der Waals surface area (Å²) in [5.41, 5.74) is 0. The number of nitrogens with one attached hydrogen (secondary N) is 3. The van der Waals surface area contributed by atoms with Crippen molar-refractivity contribution in [1.82, 2.24) is 15.2 Å². The number of amides is 1. The van der Waals surface area contributed by atoms with Gasteiger partial charge in [0.05, 0.1) is 6.26 Å². The molecule has 2 aromatic rings. The number of rotatable bonds is 2. The quantitative estimate of drug-likeness (QED) is 0.652. The Bertz CT molecular complexity index is 484. The summed E-state index contributed by atoms with van der Waals surface area (Å²) in [4.78, 5) is 15.2. The molecular formula is C7H6N4O2S. The Hall–Kier alpha value is -1.89. The Labute approximate surface area is 83.3 Å². The monoisotopic (exact) mass is 210 g/mol. The molecule has 14 heavy (non-hydrogen) atoms. The van der Waals surface area contributed by atoms with Crippen LogP contribution < -0.4 is 5.32 Å². The van der Waals surface area contributed by atoms with E-state index in [9.17, 15) is 4.79 Å². The fraction of sp³-hybridized carbons (Fsp3) is 0. The van der Waals surface area contributed by atoms with E-state index < -0.39 is 0 Å². The second-order valence-corrected chi connectivity index (χ2v) is 2.83. The van der Waals surface area contributed by atoms with Gasteiger partial charge in [0.1, 0.15) is 0 Å². The third kappa shape index (κ3) is 1.72. The zero-order valence-electron chi connectivity index (χ0n) is 6.90. The number of hydrogen-bond donors (Lipinski definition) is 3. The molecule has 2 aromatic heterocycles. The first kappa shape index (κ1) is 8.70. The molecule has 0 aromatic carbocycles. The third-order valence-corrected chi connectivity index (χ3v) is 1.67. The molecule has 7 heteroatoms. The third-order valence-electron chi connectivity index (χ3n) is 1.48. The van der Waals surface area contributed by atoms with Gasteiger partial charge >= 0.3 is 0 Å². The van der Waals surface area contributed by atoms with Gasteiger partial charge < -0.3 is 4.42 Å². The van der Waals surface area contributed by atoms with Crippen LogP contribution in [0.1, 0.15) is 10.6 Å². The molecule has 0 atom stereocenters. The van der Waals surface area contributed by atoms with Crippen molar-refractivity contribution in [3.05, 3.63) is 28.9 Å². The average molecular weight is 210 g/mol. The molecule has 2 heterocycles. The molecule has 0 fully saturated rings. The predicted octanol–water partition coefficient (Wildman–Crippen LogP) is 1.31. The normalized spacial score (nSPS) is 10.0. The van der Waals surface area contributed by atoms with Crippen LogP contribution in [0.25, 0.3) is 0 Å². The van der Waals surface area contributed by atoms with E-state index in [1.54, 1.807) is 12.1 Å². The largest absolute Gasteiger partial charge is 0.459 e. The zero-order chi connectivity index (χ0) is 9.97. The van der Waals surface area contributed by atoms with Crippen LogP contribution in [-0.2, 0) is 0 Å². The summed E-state index contributed by atoms with van der Waals surface area (Å²) < 4.78 is 5.16. The minimum absolute atomic E-state index is 0.215. The second kappa shape index (κ2) is 3.46. The highest BCUT2D eigenvalue weighted by molar-refractivity contribution is 7.71. The highest BCUT2D eigenvalue weighted by Gasteiger charge is 2.09. The van der Waals surface area contributed by atoms with Gasteiger partial charge in [-0.2, -0.15) is 4.98 Å². The van der Waals surface area contributed by atoms with Gasteiger partial charge in [0, 0.05) is 0 Å². The number of H-pyrrole nitrogens is 2. The lowest BCUT2D eigenvalue weighted by atomic mass is 10.4. The summed E-state index contributed by atoms with van der Waals surface area (Å²) in [6.07, 6.45) is 1.42. The smallest absolute Gasteiger partial charge is 0.293 e. The van der Waals surface area contributed by atoms with Crippen molar-refractivity contribution in [2.75, 3.05) is 5.32 Å². The number of anilines is 1. The van der Waals surface area contributed by atoms with Crippen LogP contribution >= 0.6 is 12.2 Å². The van der Waals surface area contributed by atoms with Crippen LogP contribution in [-0.4, -0.2) is 21.1 Å². The molecule has 0 bridgehead atoms. The molecule has 1 amide bonds. The van der Waals surface area contributed by atoms with E-state index in [-0.39, 0.29) is 22.4 Å². The van der Waals surface area contributed by atoms with Crippen molar-refractivity contribution in [2.45, 2.75) is 0 Å². The summed E-state index contributed by atoms with van der Waals surface area (Å²) in [7, 11) is 0. The van der Waals surface area contributed by atoms with Crippen LogP contribution in [0.4, 0.5) is 5.95 Å². The van der Waals surface area contributed by atoms with Crippen molar-refractivity contribution in [3.8, 4) is 0 Å². The van der Waals surface area contributed by atoms with Gasteiger partial charge in [-0.15, -0.1) is 0 Å². The van der Waals surface area contributed by atoms with E-state index in [2.05, 4.69) is 20.5 Å². The number of nitrogens with zero attached hydrogens (tertiary/aromatic N) is 1. The number of aromatic nitrogens is 3. The summed E-state index contributed by atoms with van der Waals surface area (Å²) >= 11 is 4.71. The van der Waals surface area contributed by atoms with E-state index in [1.807, 2.05) is 0 Å². The van der Waals surface area contributed by atoms with E-state index in [0.29, 0.717) is 0 Å². The van der Waals surface area contributed by atoms with Gasteiger partial charge in [-0.1, -0.05) is 0 Å². The molecule has 0 aliphatic carbocycles. The van der Waals surface area contributed by atoms with E-state index in [1.165, 1.54) is 6.26 Å². The molecule has 0 unspecified atom stereocenters. The summed E-state index contributed by atoms with van der Waals surface area (Å²) in [5.74, 6) is 0.0940. The minimum Gasteiger partial charge on any atom is -0.459 e. The Morgan fingerprint density at radius 3 is 3.00 bits per heavy atom. The Morgan fingerprint density at radius 1 is 1.57 bits per heavy atom. The molecule has 72 valence electrons. The first-order chi connectivity index (χ1) is 6.75. The standard InChI is InChI=1S/C7H6N4O2S/c12-5(4-2-1-3-13-4)8-6-9-7(14)11-10-6/h1-3H,(H3,8,9,10,11,12,14). The van der Waals surface area contributed by atoms with Gasteiger partial charge in [0.25, 0.3) is 5.91 Å². The van der Waals surface area contributed by atoms with Gasteiger partial charge in [0.2, 0.25) is 10.7 Å². The molecule has 0 saturated carbocycles. The fourth-order valence-electron chi connectivity index (χ4n) is 0.906. The molecule has 3 N–H and O–H groups in total. The number of carbonyl (C=O) groups is 1. The molecule has 6 nitrogen and oxygen atoms in total. The zero-order valence-corrected chi connectivity index (χ0v) is 7.72. The maximum atomic E-state index is 11.4. The van der Waals surface area contributed by atoms with E-state index in [0.717, 1.165) is 0 Å². The molecule has 0 radical (unpaired) electrons. The highest BCUT2D eigenvalue weighted by atomic mass is 32.1. The maximum absolute atomic E-state index is 11.4. The lowest BCUT2D eigenvalue weighted by Gasteiger charge is -1.95. The number of furan rings is 1. The van der Waals surface area contributed by atoms with Crippen LogP contribution in [0, 0.1) is 4.77 Å².